The Morgan fingerprint density at radius 3 is 1.05 bits per heavy atom. The third-order valence-corrected chi connectivity index (χ3v) is 25.1. The molecule has 8 aliphatic carbocycles. The number of benzene rings is 8. The second kappa shape index (κ2) is 47.1. The topological polar surface area (TPSA) is 232 Å². The van der Waals surface area contributed by atoms with E-state index in [1.54, 1.807) is 18.2 Å². The van der Waals surface area contributed by atoms with Crippen LogP contribution >= 0.6 is 11.6 Å². The van der Waals surface area contributed by atoms with Gasteiger partial charge in [-0.25, -0.2) is 4.85 Å². The molecule has 8 aromatic rings. The van der Waals surface area contributed by atoms with E-state index in [1.165, 1.54) is 102 Å². The van der Waals surface area contributed by atoms with E-state index in [1.807, 2.05) is 101 Å². The quantitative estimate of drug-likeness (QED) is 0.0185. The molecular weight excluding hydrogens is 1650 g/mol. The summed E-state index contributed by atoms with van der Waals surface area (Å²) in [5.41, 5.74) is 30.0. The fourth-order valence-electron chi connectivity index (χ4n) is 18.9. The molecular formula is C116H114ClN3O11. The van der Waals surface area contributed by atoms with Crippen LogP contribution in [0.3, 0.4) is 0 Å². The molecule has 0 spiro atoms. The van der Waals surface area contributed by atoms with Crippen molar-refractivity contribution in [2.45, 2.75) is 218 Å². The molecule has 0 amide bonds. The number of rotatable bonds is 18. The number of hydrogen-bond donors (Lipinski definition) is 7. The van der Waals surface area contributed by atoms with Gasteiger partial charge in [0.2, 0.25) is 0 Å². The van der Waals surface area contributed by atoms with Gasteiger partial charge in [-0.15, -0.1) is 98.8 Å². The number of nitro groups is 2. The van der Waals surface area contributed by atoms with E-state index in [0.29, 0.717) is 56.6 Å². The number of hydrogen-bond acceptors (Lipinski definition) is 11. The molecule has 0 fully saturated rings. The summed E-state index contributed by atoms with van der Waals surface area (Å²) >= 11 is 5.94. The van der Waals surface area contributed by atoms with Crippen LogP contribution < -0.4 is 0 Å². The smallest absolute Gasteiger partial charge is 0.276 e. The van der Waals surface area contributed by atoms with Crippen LogP contribution in [0.1, 0.15) is 260 Å². The van der Waals surface area contributed by atoms with Crippen LogP contribution in [0.4, 0.5) is 17.1 Å². The molecule has 131 heavy (non-hydrogen) atoms. The molecule has 8 aromatic carbocycles. The zero-order valence-corrected chi connectivity index (χ0v) is 76.9. The Balaban J connectivity index is 0.000000169. The maximum atomic E-state index is 10.9. The van der Waals surface area contributed by atoms with Crippen molar-refractivity contribution in [3.8, 4) is 98.8 Å². The van der Waals surface area contributed by atoms with E-state index >= 15 is 0 Å². The maximum Gasteiger partial charge on any atom is 0.276 e. The highest BCUT2D eigenvalue weighted by Gasteiger charge is 2.36. The number of nitrogens with zero attached hydrogens (tertiary/aromatic N) is 3. The van der Waals surface area contributed by atoms with Crippen LogP contribution in [0, 0.1) is 152 Å². The van der Waals surface area contributed by atoms with E-state index in [0.717, 1.165) is 66.2 Å². The summed E-state index contributed by atoms with van der Waals surface area (Å²) in [6.45, 7) is 29.4. The van der Waals surface area contributed by atoms with Gasteiger partial charge in [0.1, 0.15) is 0 Å². The number of allylic oxidation sites excluding steroid dienone is 1. The molecule has 16 unspecified atom stereocenters. The first-order valence-corrected chi connectivity index (χ1v) is 44.0. The molecule has 0 bridgehead atoms. The Bertz CT molecular complexity index is 6060. The van der Waals surface area contributed by atoms with E-state index in [4.69, 9.17) is 69.6 Å². The molecule has 0 saturated carbocycles. The molecule has 0 aromatic heterocycles. The number of halogens is 1. The zero-order valence-electron chi connectivity index (χ0n) is 76.1. The average molecular weight is 1760 g/mol. The molecule has 15 heteroatoms. The Kier molecular flexibility index (Phi) is 36.4. The first-order valence-electron chi connectivity index (χ1n) is 43.6. The molecule has 0 aliphatic heterocycles. The highest BCUT2D eigenvalue weighted by Crippen LogP contribution is 2.48. The number of terminal acetylenes is 8. The Hall–Kier alpha value is -13.5. The number of aliphatic hydroxyl groups is 7. The predicted octanol–water partition coefficient (Wildman–Crippen LogP) is 23.4. The molecule has 16 atom stereocenters. The molecule has 0 heterocycles. The second-order valence-corrected chi connectivity index (χ2v) is 34.9. The zero-order chi connectivity index (χ0) is 95.8. The lowest BCUT2D eigenvalue weighted by atomic mass is 9.87. The molecule has 0 radical (unpaired) electrons. The Morgan fingerprint density at radius 1 is 0.351 bits per heavy atom. The third kappa shape index (κ3) is 24.7. The average Bonchev–Trinajstić information content (AvgIpc) is 1.95. The van der Waals surface area contributed by atoms with Crippen molar-refractivity contribution < 1.29 is 45.6 Å². The molecule has 7 N–H and O–H groups in total. The summed E-state index contributed by atoms with van der Waals surface area (Å²) in [5, 5.41) is 92.6. The van der Waals surface area contributed by atoms with Crippen molar-refractivity contribution in [3.05, 3.63) is 339 Å². The predicted molar refractivity (Wildman–Crippen MR) is 536 cm³/mol. The Morgan fingerprint density at radius 2 is 0.664 bits per heavy atom. The normalized spacial score (nSPS) is 19.5. The number of aliphatic hydroxyl groups excluding tert-OH is 7. The lowest BCUT2D eigenvalue weighted by Gasteiger charge is -2.19. The third-order valence-electron chi connectivity index (χ3n) is 24.9. The van der Waals surface area contributed by atoms with Crippen LogP contribution in [0.25, 0.3) is 53.5 Å². The van der Waals surface area contributed by atoms with Gasteiger partial charge in [0.25, 0.3) is 11.4 Å². The van der Waals surface area contributed by atoms with Gasteiger partial charge < -0.3 is 35.7 Å². The van der Waals surface area contributed by atoms with Gasteiger partial charge in [-0.05, 0) is 177 Å². The van der Waals surface area contributed by atoms with Crippen LogP contribution in [-0.4, -0.2) is 88.3 Å². The molecule has 0 saturated heterocycles. The lowest BCUT2D eigenvalue weighted by Crippen LogP contribution is -2.17. The maximum absolute atomic E-state index is 10.9. The minimum Gasteiger partial charge on any atom is -0.391 e. The second-order valence-electron chi connectivity index (χ2n) is 34.5. The summed E-state index contributed by atoms with van der Waals surface area (Å²) < 4.78 is 0. The molecule has 8 aliphatic rings. The van der Waals surface area contributed by atoms with Crippen LogP contribution in [0.15, 0.2) is 197 Å². The Labute approximate surface area is 779 Å². The summed E-state index contributed by atoms with van der Waals surface area (Å²) in [5.74, 6) is 20.8. The van der Waals surface area contributed by atoms with Crippen LogP contribution in [-0.2, 0) is 0 Å². The van der Waals surface area contributed by atoms with Gasteiger partial charge in [0.15, 0.2) is 5.69 Å². The van der Waals surface area contributed by atoms with Crippen LogP contribution in [0.2, 0.25) is 5.02 Å². The highest BCUT2D eigenvalue weighted by atomic mass is 35.5. The summed E-state index contributed by atoms with van der Waals surface area (Å²) in [6, 6.07) is 48.4. The van der Waals surface area contributed by atoms with E-state index in [2.05, 4.69) is 198 Å². The van der Waals surface area contributed by atoms with Gasteiger partial charge in [0.05, 0.1) is 64.7 Å². The van der Waals surface area contributed by atoms with Gasteiger partial charge >= 0.3 is 0 Å². The van der Waals surface area contributed by atoms with Crippen molar-refractivity contribution in [1.82, 2.24) is 0 Å². The largest absolute Gasteiger partial charge is 0.391 e. The number of nitro benzene ring substituents is 2. The minimum absolute atomic E-state index is 0.0170. The molecule has 14 nitrogen and oxygen atoms in total. The van der Waals surface area contributed by atoms with Crippen molar-refractivity contribution in [3.63, 3.8) is 0 Å². The van der Waals surface area contributed by atoms with Gasteiger partial charge in [-0.2, -0.15) is 0 Å². The van der Waals surface area contributed by atoms with Gasteiger partial charge in [-0.1, -0.05) is 244 Å². The minimum atomic E-state index is -0.644. The van der Waals surface area contributed by atoms with Crippen molar-refractivity contribution >= 4 is 77.3 Å². The van der Waals surface area contributed by atoms with Crippen molar-refractivity contribution in [1.29, 1.82) is 0 Å². The van der Waals surface area contributed by atoms with E-state index in [-0.39, 0.29) is 70.1 Å². The fraction of sp³-hybridized carbons (Fsp3) is 0.302. The summed E-state index contributed by atoms with van der Waals surface area (Å²) in [4.78, 5) is 24.3. The SMILES string of the molecule is C#CCC(C)C1C=Cc2c1cccc2[N+](=O)[O-].C#CCC(O)C1C(C)=Cc2cc(C)ccc21.C#CCC(O)C1C(C)=Cc2cc(C)ccc21.C#CCC(O)C1C(C)=Cc2cc(Cl)ccc21.C#CCC(O)C1C(C)=Cc2cc([N+](=O)[O-])ccc21.C#CCC(O)C1C(C)=Cc2ccc(C)cc21.C#CCC(O)C1C(C)=Cc2ccccc21.[C-]#[N+]c1ccc2c(c1)C=C(C)C2C(O)CC#C. The van der Waals surface area contributed by atoms with E-state index in [9.17, 15) is 56.0 Å². The van der Waals surface area contributed by atoms with Crippen molar-refractivity contribution in [2.24, 2.45) is 5.92 Å². The lowest BCUT2D eigenvalue weighted by molar-refractivity contribution is -0.385. The van der Waals surface area contributed by atoms with E-state index < -0.39 is 47.7 Å². The van der Waals surface area contributed by atoms with Gasteiger partial charge in [0, 0.05) is 122 Å². The van der Waals surface area contributed by atoms with Gasteiger partial charge in [-0.3, -0.25) is 20.2 Å². The molecule has 16 rings (SSSR count). The number of fused-ring (bicyclic) bond motifs is 8. The first-order chi connectivity index (χ1) is 62.6. The standard InChI is InChI=1S/C15H13NO.3C15H16O.C14H13ClO.C14H13NO3.C14H13NO2.C14H14O/c1-4-5-14(17)15-10(2)8-11-9-12(16-3)6-7-13(11)15;2*1-4-5-14(16)15-11(3)9-12-8-10(2)6-7-13(12)15;1-4-5-14(16)15-11(3)9-12-7-6-10(2)8-13(12)15;1-3-4-13(16)14-9(2)7-10-8-11(15)5-6-12(10)14;1-3-4-13(16)14-9(2)7-10-8-11(15(17)18)5-6-12(10)14;1-3-5-10(2)11-8-9-13-12(11)6-4-7-14(13)15(16)17;1-3-6-13(15)14-10(2)9-11-7-4-5-8-12(11)14/h1,6-9,14-15,17H,5H2,2H3;3*1,6-9,14-16H,5H2,2-3H3;1,5-8,13-14,16H,4H2,2H3;1,5-8,13-14,16H,4H2,2H3;1,4,6-11H,5H2,2H3;1,4-5,7-9,13-15H,6H2,2H3. The highest BCUT2D eigenvalue weighted by molar-refractivity contribution is 6.30. The monoisotopic (exact) mass is 1760 g/mol. The summed E-state index contributed by atoms with van der Waals surface area (Å²) in [7, 11) is 0. The molecule has 666 valence electrons. The van der Waals surface area contributed by atoms with Crippen LogP contribution in [0.5, 0.6) is 0 Å². The number of aryl methyl sites for hydroxylation is 3. The fourth-order valence-corrected chi connectivity index (χ4v) is 19.1. The summed E-state index contributed by atoms with van der Waals surface area (Å²) in [6.07, 6.45) is 60.1. The number of non-ortho nitro benzene ring substituents is 1. The first kappa shape index (κ1) is 101. The van der Waals surface area contributed by atoms with Crippen molar-refractivity contribution in [2.75, 3.05) is 0 Å².